The summed E-state index contributed by atoms with van der Waals surface area (Å²) in [5, 5.41) is 11.7. The number of ether oxygens (including phenoxy) is 2. The third kappa shape index (κ3) is 5.37. The second kappa shape index (κ2) is 8.91. The van der Waals surface area contributed by atoms with Crippen molar-refractivity contribution in [2.45, 2.75) is 6.10 Å². The fourth-order valence-electron chi connectivity index (χ4n) is 1.65. The van der Waals surface area contributed by atoms with E-state index in [0.29, 0.717) is 31.6 Å². The zero-order valence-corrected chi connectivity index (χ0v) is 16.4. The highest BCUT2D eigenvalue weighted by atomic mass is 35.5. The van der Waals surface area contributed by atoms with E-state index in [2.05, 4.69) is 0 Å². The van der Waals surface area contributed by atoms with Crippen LogP contribution in [0.5, 0.6) is 11.5 Å². The van der Waals surface area contributed by atoms with Gasteiger partial charge in [0, 0.05) is 12.1 Å². The Labute approximate surface area is 168 Å². The average Bonchev–Trinajstić information content (AvgIpc) is 2.51. The molecule has 2 aromatic rings. The molecule has 2 rings (SSSR count). The first-order chi connectivity index (χ1) is 11.3. The molecule has 0 aliphatic heterocycles. The summed E-state index contributed by atoms with van der Waals surface area (Å²) < 4.78 is 10.8. The van der Waals surface area contributed by atoms with Crippen LogP contribution < -0.4 is 9.47 Å². The Bertz CT molecular complexity index is 676. The van der Waals surface area contributed by atoms with Gasteiger partial charge in [-0.15, -0.1) is 0 Å². The molecule has 3 nitrogen and oxygen atoms in total. The summed E-state index contributed by atoms with van der Waals surface area (Å²) in [6.45, 7) is -0.146. The van der Waals surface area contributed by atoms with Crippen LogP contribution in [0, 0.1) is 0 Å². The van der Waals surface area contributed by atoms with E-state index in [0.717, 1.165) is 0 Å². The second-order valence-corrected chi connectivity index (χ2v) is 7.11. The van der Waals surface area contributed by atoms with Gasteiger partial charge in [-0.3, -0.25) is 0 Å². The number of hydrogen-bond acceptors (Lipinski definition) is 3. The maximum atomic E-state index is 9.95. The minimum Gasteiger partial charge on any atom is -0.489 e. The van der Waals surface area contributed by atoms with Crippen molar-refractivity contribution in [2.75, 3.05) is 13.2 Å². The highest BCUT2D eigenvalue weighted by Gasteiger charge is 2.13. The first kappa shape index (κ1) is 20.1. The first-order valence-electron chi connectivity index (χ1n) is 6.50. The zero-order chi connectivity index (χ0) is 17.9. The summed E-state index contributed by atoms with van der Waals surface area (Å²) in [6, 6.07) is 5.85. The van der Waals surface area contributed by atoms with E-state index < -0.39 is 6.10 Å². The van der Waals surface area contributed by atoms with Crippen molar-refractivity contribution < 1.29 is 14.6 Å². The molecule has 0 aliphatic rings. The molecule has 0 radical (unpaired) electrons. The van der Waals surface area contributed by atoms with Crippen LogP contribution in [0.4, 0.5) is 0 Å². The van der Waals surface area contributed by atoms with Crippen LogP contribution in [0.1, 0.15) is 0 Å². The van der Waals surface area contributed by atoms with Crippen molar-refractivity contribution in [3.8, 4) is 11.5 Å². The van der Waals surface area contributed by atoms with E-state index in [4.69, 9.17) is 79.1 Å². The number of rotatable bonds is 6. The lowest BCUT2D eigenvalue weighted by Gasteiger charge is -2.15. The molecule has 0 saturated carbocycles. The van der Waals surface area contributed by atoms with Crippen molar-refractivity contribution >= 4 is 69.6 Å². The van der Waals surface area contributed by atoms with Crippen molar-refractivity contribution in [1.82, 2.24) is 0 Å². The SMILES string of the molecule is OC(COc1cc(Cl)c(Cl)cc1Cl)COc1cc(Cl)c(Cl)cc1Cl. The van der Waals surface area contributed by atoms with Gasteiger partial charge in [0.05, 0.1) is 30.1 Å². The van der Waals surface area contributed by atoms with Crippen molar-refractivity contribution in [1.29, 1.82) is 0 Å². The summed E-state index contributed by atoms with van der Waals surface area (Å²) in [7, 11) is 0. The van der Waals surface area contributed by atoms with Gasteiger partial charge in [-0.05, 0) is 12.1 Å². The third-order valence-corrected chi connectivity index (χ3v) is 4.85. The number of hydrogen-bond donors (Lipinski definition) is 1. The van der Waals surface area contributed by atoms with E-state index in [9.17, 15) is 5.11 Å². The smallest absolute Gasteiger partial charge is 0.139 e. The lowest BCUT2D eigenvalue weighted by Crippen LogP contribution is -2.25. The molecular formula is C15H10Cl6O3. The summed E-state index contributed by atoms with van der Waals surface area (Å²) in [4.78, 5) is 0. The fourth-order valence-corrected chi connectivity index (χ4v) is 2.83. The molecule has 0 unspecified atom stereocenters. The molecule has 24 heavy (non-hydrogen) atoms. The highest BCUT2D eigenvalue weighted by molar-refractivity contribution is 6.44. The van der Waals surface area contributed by atoms with Crippen LogP contribution in [-0.2, 0) is 0 Å². The molecule has 2 aromatic carbocycles. The first-order valence-corrected chi connectivity index (χ1v) is 8.77. The highest BCUT2D eigenvalue weighted by Crippen LogP contribution is 2.35. The molecule has 1 N–H and O–H groups in total. The molecule has 0 atom stereocenters. The van der Waals surface area contributed by atoms with E-state index in [1.54, 1.807) is 0 Å². The summed E-state index contributed by atoms with van der Waals surface area (Å²) in [5.74, 6) is 0.607. The van der Waals surface area contributed by atoms with E-state index in [-0.39, 0.29) is 23.3 Å². The van der Waals surface area contributed by atoms with Crippen LogP contribution in [0.25, 0.3) is 0 Å². The molecule has 0 bridgehead atoms. The van der Waals surface area contributed by atoms with Gasteiger partial charge in [0.15, 0.2) is 0 Å². The molecule has 9 heteroatoms. The predicted octanol–water partition coefficient (Wildman–Crippen LogP) is 6.43. The lowest BCUT2D eigenvalue weighted by molar-refractivity contribution is 0.0627. The van der Waals surface area contributed by atoms with Crippen molar-refractivity contribution in [3.05, 3.63) is 54.4 Å². The molecular weight excluding hydrogens is 441 g/mol. The lowest BCUT2D eigenvalue weighted by atomic mass is 10.3. The van der Waals surface area contributed by atoms with Crippen molar-refractivity contribution in [2.24, 2.45) is 0 Å². The van der Waals surface area contributed by atoms with E-state index in [1.807, 2.05) is 0 Å². The summed E-state index contributed by atoms with van der Waals surface area (Å²) >= 11 is 35.4. The minimum absolute atomic E-state index is 0.0728. The largest absolute Gasteiger partial charge is 0.489 e. The summed E-state index contributed by atoms with van der Waals surface area (Å²) in [6.07, 6.45) is -0.943. The Morgan fingerprint density at radius 3 is 1.33 bits per heavy atom. The molecule has 0 fully saturated rings. The van der Waals surface area contributed by atoms with Gasteiger partial charge in [-0.25, -0.2) is 0 Å². The van der Waals surface area contributed by atoms with Crippen LogP contribution >= 0.6 is 69.6 Å². The number of halogens is 6. The van der Waals surface area contributed by atoms with Gasteiger partial charge in [0.1, 0.15) is 30.8 Å². The van der Waals surface area contributed by atoms with Crippen LogP contribution in [0.2, 0.25) is 30.1 Å². The Kier molecular flexibility index (Phi) is 7.44. The predicted molar refractivity (Wildman–Crippen MR) is 99.9 cm³/mol. The monoisotopic (exact) mass is 448 g/mol. The topological polar surface area (TPSA) is 38.7 Å². The van der Waals surface area contributed by atoms with Gasteiger partial charge >= 0.3 is 0 Å². The normalized spacial score (nSPS) is 11.0. The number of benzene rings is 2. The molecule has 130 valence electrons. The Hall–Kier alpha value is -0.260. The van der Waals surface area contributed by atoms with Crippen LogP contribution in [0.3, 0.4) is 0 Å². The molecule has 0 heterocycles. The second-order valence-electron chi connectivity index (χ2n) is 4.67. The fraction of sp³-hybridized carbons (Fsp3) is 0.200. The number of aliphatic hydroxyl groups excluding tert-OH is 1. The van der Waals surface area contributed by atoms with Crippen molar-refractivity contribution in [3.63, 3.8) is 0 Å². The van der Waals surface area contributed by atoms with Gasteiger partial charge in [-0.2, -0.15) is 0 Å². The quantitative estimate of drug-likeness (QED) is 0.515. The number of aliphatic hydroxyl groups is 1. The average molecular weight is 451 g/mol. The van der Waals surface area contributed by atoms with Gasteiger partial charge in [-0.1, -0.05) is 69.6 Å². The van der Waals surface area contributed by atoms with Crippen LogP contribution in [-0.4, -0.2) is 24.4 Å². The Morgan fingerprint density at radius 2 is 0.958 bits per heavy atom. The third-order valence-electron chi connectivity index (χ3n) is 2.81. The molecule has 0 spiro atoms. The maximum Gasteiger partial charge on any atom is 0.139 e. The Balaban J connectivity index is 1.91. The molecule has 0 aromatic heterocycles. The molecule has 0 aliphatic carbocycles. The minimum atomic E-state index is -0.943. The van der Waals surface area contributed by atoms with E-state index >= 15 is 0 Å². The zero-order valence-electron chi connectivity index (χ0n) is 11.8. The van der Waals surface area contributed by atoms with Gasteiger partial charge in [0.2, 0.25) is 0 Å². The molecule has 0 amide bonds. The van der Waals surface area contributed by atoms with E-state index in [1.165, 1.54) is 24.3 Å². The molecule has 0 saturated heterocycles. The van der Waals surface area contributed by atoms with Crippen LogP contribution in [0.15, 0.2) is 24.3 Å². The Morgan fingerprint density at radius 1 is 0.625 bits per heavy atom. The maximum absolute atomic E-state index is 9.95. The standard InChI is InChI=1S/C15H10Cl6O3/c16-8-1-12(20)14(3-10(8)18)23-5-7(22)6-24-15-4-11(19)9(17)2-13(15)21/h1-4,7,22H,5-6H2. The van der Waals surface area contributed by atoms with Gasteiger partial charge < -0.3 is 14.6 Å². The summed E-state index contributed by atoms with van der Waals surface area (Å²) in [5.41, 5.74) is 0. The van der Waals surface area contributed by atoms with Gasteiger partial charge in [0.25, 0.3) is 0 Å².